The Balaban J connectivity index is 2.07. The third-order valence-electron chi connectivity index (χ3n) is 6.17. The van der Waals surface area contributed by atoms with Crippen molar-refractivity contribution in [3.63, 3.8) is 0 Å². The molecular formula is C18H32O10. The Hall–Kier alpha value is -0.850. The van der Waals surface area contributed by atoms with Gasteiger partial charge in [-0.15, -0.1) is 0 Å². The number of carboxylic acids is 1. The molecule has 10 heteroatoms. The third-order valence-corrected chi connectivity index (χ3v) is 6.17. The van der Waals surface area contributed by atoms with Crippen molar-refractivity contribution in [1.29, 1.82) is 0 Å². The van der Waals surface area contributed by atoms with Crippen LogP contribution in [0.1, 0.15) is 32.1 Å². The van der Waals surface area contributed by atoms with Gasteiger partial charge in [0.25, 0.3) is 0 Å². The lowest BCUT2D eigenvalue weighted by molar-refractivity contribution is -0.225. The molecule has 0 spiro atoms. The van der Waals surface area contributed by atoms with Gasteiger partial charge >= 0.3 is 5.97 Å². The highest BCUT2D eigenvalue weighted by molar-refractivity contribution is 5.66. The maximum absolute atomic E-state index is 10.7. The van der Waals surface area contributed by atoms with E-state index in [9.17, 15) is 40.5 Å². The number of aliphatic hydroxyl groups excluding tert-OH is 7. The van der Waals surface area contributed by atoms with Crippen LogP contribution in [0.15, 0.2) is 0 Å². The molecule has 0 radical (unpaired) electrons. The van der Waals surface area contributed by atoms with Gasteiger partial charge in [-0.1, -0.05) is 0 Å². The Kier molecular flexibility index (Phi) is 8.59. The fourth-order valence-corrected chi connectivity index (χ4v) is 4.43. The van der Waals surface area contributed by atoms with Crippen LogP contribution in [0.5, 0.6) is 0 Å². The molecular weight excluding hydrogens is 376 g/mol. The van der Waals surface area contributed by atoms with Gasteiger partial charge in [0.1, 0.15) is 18.3 Å². The molecule has 0 saturated heterocycles. The van der Waals surface area contributed by atoms with Gasteiger partial charge in [0.05, 0.1) is 24.4 Å². The molecule has 28 heavy (non-hydrogen) atoms. The van der Waals surface area contributed by atoms with E-state index in [1.54, 1.807) is 0 Å². The fraction of sp³-hybridized carbons (Fsp3) is 0.944. The predicted octanol–water partition coefficient (Wildman–Crippen LogP) is -2.56. The van der Waals surface area contributed by atoms with Crippen LogP contribution < -0.4 is 0 Å². The van der Waals surface area contributed by atoms with Crippen molar-refractivity contribution in [3.05, 3.63) is 0 Å². The largest absolute Gasteiger partial charge is 0.481 e. The maximum atomic E-state index is 10.7. The molecule has 2 saturated carbocycles. The zero-order chi connectivity index (χ0) is 21.0. The van der Waals surface area contributed by atoms with Crippen molar-refractivity contribution >= 4 is 5.97 Å². The van der Waals surface area contributed by atoms with Gasteiger partial charge in [0.2, 0.25) is 0 Å². The predicted molar refractivity (Wildman–Crippen MR) is 94.1 cm³/mol. The van der Waals surface area contributed by atoms with Gasteiger partial charge in [-0.3, -0.25) is 4.79 Å². The highest BCUT2D eigenvalue weighted by Gasteiger charge is 2.48. The van der Waals surface area contributed by atoms with E-state index in [4.69, 9.17) is 9.84 Å². The molecule has 0 amide bonds. The molecule has 2 aliphatic rings. The number of ether oxygens (including phenoxy) is 1. The van der Waals surface area contributed by atoms with Crippen LogP contribution in [0.25, 0.3) is 0 Å². The number of aliphatic carboxylic acids is 1. The lowest BCUT2D eigenvalue weighted by atomic mass is 9.72. The summed E-state index contributed by atoms with van der Waals surface area (Å²) in [5, 5.41) is 78.6. The average Bonchev–Trinajstić information content (AvgIpc) is 2.66. The second-order valence-corrected chi connectivity index (χ2v) is 7.97. The number of rotatable bonds is 8. The van der Waals surface area contributed by atoms with E-state index in [1.807, 2.05) is 0 Å². The summed E-state index contributed by atoms with van der Waals surface area (Å²) in [6, 6.07) is 0. The summed E-state index contributed by atoms with van der Waals surface area (Å²) < 4.78 is 5.79. The quantitative estimate of drug-likeness (QED) is 0.212. The van der Waals surface area contributed by atoms with Crippen LogP contribution in [0.2, 0.25) is 0 Å². The Morgan fingerprint density at radius 1 is 0.786 bits per heavy atom. The second-order valence-electron chi connectivity index (χ2n) is 7.97. The minimum Gasteiger partial charge on any atom is -0.481 e. The molecule has 2 aliphatic carbocycles. The average molecular weight is 408 g/mol. The molecule has 0 aromatic carbocycles. The van der Waals surface area contributed by atoms with Gasteiger partial charge in [0, 0.05) is 31.5 Å². The first-order valence-electron chi connectivity index (χ1n) is 9.70. The number of carboxylic acid groups (broad SMARTS) is 1. The van der Waals surface area contributed by atoms with E-state index in [1.165, 1.54) is 0 Å². The van der Waals surface area contributed by atoms with Crippen LogP contribution in [0, 0.1) is 17.8 Å². The molecule has 0 bridgehead atoms. The van der Waals surface area contributed by atoms with E-state index >= 15 is 0 Å². The molecule has 2 rings (SSSR count). The van der Waals surface area contributed by atoms with E-state index in [0.717, 1.165) is 0 Å². The first-order valence-corrected chi connectivity index (χ1v) is 9.70. The zero-order valence-corrected chi connectivity index (χ0v) is 15.6. The minimum atomic E-state index is -1.52. The second kappa shape index (κ2) is 10.3. The number of hydrogen-bond acceptors (Lipinski definition) is 9. The lowest BCUT2D eigenvalue weighted by Crippen LogP contribution is -2.59. The standard InChI is InChI=1S/C18H32O10/c19-6-9-5-12(17(26)18(27)14(9)23)28-11-4-8(2-1-3-13(21)22)10(7-20)15(24)16(11)25/h8-12,14-20,23-27H,1-7H2,(H,21,22). The normalized spacial score (nSPS) is 44.4. The smallest absolute Gasteiger partial charge is 0.303 e. The maximum Gasteiger partial charge on any atom is 0.303 e. The van der Waals surface area contributed by atoms with Crippen molar-refractivity contribution in [3.8, 4) is 0 Å². The number of hydrogen-bond donors (Lipinski definition) is 8. The Morgan fingerprint density at radius 2 is 1.36 bits per heavy atom. The van der Waals surface area contributed by atoms with Gasteiger partial charge in [-0.25, -0.2) is 0 Å². The zero-order valence-electron chi connectivity index (χ0n) is 15.6. The SMILES string of the molecule is O=C(O)CCCC1CC(OC2CC(CO)C(O)C(O)C2O)C(O)C(O)C1CO. The molecule has 0 aliphatic heterocycles. The summed E-state index contributed by atoms with van der Waals surface area (Å²) in [5.41, 5.74) is 0. The Morgan fingerprint density at radius 3 is 1.89 bits per heavy atom. The van der Waals surface area contributed by atoms with Gasteiger partial charge in [0.15, 0.2) is 0 Å². The summed E-state index contributed by atoms with van der Waals surface area (Å²) in [4.78, 5) is 10.7. The van der Waals surface area contributed by atoms with Crippen LogP contribution in [-0.2, 0) is 9.53 Å². The van der Waals surface area contributed by atoms with E-state index in [-0.39, 0.29) is 31.8 Å². The molecule has 0 heterocycles. The molecule has 0 aromatic rings. The van der Waals surface area contributed by atoms with Gasteiger partial charge in [-0.2, -0.15) is 0 Å². The van der Waals surface area contributed by atoms with E-state index < -0.39 is 67.1 Å². The van der Waals surface area contributed by atoms with Crippen LogP contribution in [0.4, 0.5) is 0 Å². The first-order chi connectivity index (χ1) is 13.2. The van der Waals surface area contributed by atoms with Gasteiger partial charge < -0.3 is 45.6 Å². The summed E-state index contributed by atoms with van der Waals surface area (Å²) in [6.45, 7) is -0.780. The Labute approximate surface area is 163 Å². The van der Waals surface area contributed by atoms with Crippen LogP contribution in [-0.4, -0.2) is 103 Å². The highest BCUT2D eigenvalue weighted by atomic mass is 16.5. The molecule has 164 valence electrons. The first kappa shape index (κ1) is 23.4. The lowest BCUT2D eigenvalue weighted by Gasteiger charge is -2.46. The topological polar surface area (TPSA) is 188 Å². The number of aliphatic hydroxyl groups is 7. The fourth-order valence-electron chi connectivity index (χ4n) is 4.43. The van der Waals surface area contributed by atoms with Gasteiger partial charge in [-0.05, 0) is 31.6 Å². The van der Waals surface area contributed by atoms with Crippen molar-refractivity contribution in [2.75, 3.05) is 13.2 Å². The Bertz CT molecular complexity index is 501. The third kappa shape index (κ3) is 5.19. The molecule has 8 N–H and O–H groups in total. The molecule has 0 aromatic heterocycles. The molecule has 10 nitrogen and oxygen atoms in total. The molecule has 10 unspecified atom stereocenters. The summed E-state index contributed by atoms with van der Waals surface area (Å²) in [6.07, 6.45) is -7.75. The monoisotopic (exact) mass is 408 g/mol. The number of carbonyl (C=O) groups is 1. The molecule has 10 atom stereocenters. The van der Waals surface area contributed by atoms with Crippen molar-refractivity contribution in [2.24, 2.45) is 17.8 Å². The minimum absolute atomic E-state index is 0.0532. The highest BCUT2D eigenvalue weighted by Crippen LogP contribution is 2.38. The van der Waals surface area contributed by atoms with Crippen molar-refractivity contribution in [2.45, 2.75) is 74.8 Å². The summed E-state index contributed by atoms with van der Waals surface area (Å²) in [7, 11) is 0. The van der Waals surface area contributed by atoms with Crippen LogP contribution >= 0.6 is 0 Å². The summed E-state index contributed by atoms with van der Waals surface area (Å²) in [5.74, 6) is -2.57. The van der Waals surface area contributed by atoms with Crippen molar-refractivity contribution < 1.29 is 50.4 Å². The molecule has 2 fully saturated rings. The van der Waals surface area contributed by atoms with E-state index in [2.05, 4.69) is 0 Å². The van der Waals surface area contributed by atoms with E-state index in [0.29, 0.717) is 12.8 Å². The van der Waals surface area contributed by atoms with Crippen molar-refractivity contribution in [1.82, 2.24) is 0 Å². The van der Waals surface area contributed by atoms with Crippen LogP contribution in [0.3, 0.4) is 0 Å². The summed E-state index contributed by atoms with van der Waals surface area (Å²) >= 11 is 0.